The van der Waals surface area contributed by atoms with Crippen LogP contribution in [0.15, 0.2) is 30.3 Å². The van der Waals surface area contributed by atoms with Gasteiger partial charge < -0.3 is 4.90 Å². The Labute approximate surface area is 203 Å². The highest BCUT2D eigenvalue weighted by atomic mass is 19.4. The number of benzene rings is 1. The summed E-state index contributed by atoms with van der Waals surface area (Å²) in [6.07, 6.45) is -3.58. The summed E-state index contributed by atoms with van der Waals surface area (Å²) in [7, 11) is 0. The van der Waals surface area contributed by atoms with Gasteiger partial charge in [-0.25, -0.2) is 4.98 Å². The van der Waals surface area contributed by atoms with Gasteiger partial charge >= 0.3 is 12.4 Å². The highest BCUT2D eigenvalue weighted by molar-refractivity contribution is 6.00. The first-order valence-electron chi connectivity index (χ1n) is 11.1. The van der Waals surface area contributed by atoms with Crippen molar-refractivity contribution in [2.24, 2.45) is 5.92 Å². The topological polar surface area (TPSA) is 60.2 Å². The molecule has 2 aromatic rings. The largest absolute Gasteiger partial charge is 0.433 e. The quantitative estimate of drug-likeness (QED) is 0.416. The zero-order chi connectivity index (χ0) is 26.4. The monoisotopic (exact) mass is 506 g/mol. The van der Waals surface area contributed by atoms with Crippen LogP contribution in [0, 0.1) is 36.5 Å². The number of nitriles is 1. The van der Waals surface area contributed by atoms with Crippen LogP contribution < -0.4 is 9.80 Å². The molecule has 2 fully saturated rings. The average molecular weight is 506 g/mol. The molecule has 0 unspecified atom stereocenters. The van der Waals surface area contributed by atoms with Gasteiger partial charge in [-0.15, -0.1) is 6.42 Å². The molecule has 1 aliphatic heterocycles. The van der Waals surface area contributed by atoms with E-state index in [9.17, 15) is 36.4 Å². The maximum atomic E-state index is 13.8. The number of aryl methyl sites for hydroxylation is 1. The molecule has 11 heteroatoms. The average Bonchev–Trinajstić information content (AvgIpc) is 3.42. The molecule has 1 amide bonds. The summed E-state index contributed by atoms with van der Waals surface area (Å²) < 4.78 is 81.9. The fraction of sp³-hybridized carbons (Fsp3) is 0.400. The number of anilines is 2. The first kappa shape index (κ1) is 25.4. The van der Waals surface area contributed by atoms with Crippen LogP contribution in [0.1, 0.15) is 41.6 Å². The van der Waals surface area contributed by atoms with Gasteiger partial charge in [-0.1, -0.05) is 18.1 Å². The molecule has 5 nitrogen and oxygen atoms in total. The normalized spacial score (nSPS) is 21.2. The molecule has 2 heterocycles. The molecule has 2 aliphatic rings. The van der Waals surface area contributed by atoms with Crippen molar-refractivity contribution in [3.63, 3.8) is 0 Å². The van der Waals surface area contributed by atoms with E-state index in [1.165, 1.54) is 15.9 Å². The number of piperidine rings is 1. The Hall–Kier alpha value is -3.73. The molecule has 4 rings (SSSR count). The van der Waals surface area contributed by atoms with Gasteiger partial charge in [0.25, 0.3) is 5.91 Å². The number of hydrogen-bond acceptors (Lipinski definition) is 4. The molecule has 3 atom stereocenters. The number of amides is 1. The summed E-state index contributed by atoms with van der Waals surface area (Å²) in [6, 6.07) is 6.42. The lowest BCUT2D eigenvalue weighted by molar-refractivity contribution is -0.145. The second-order valence-electron chi connectivity index (χ2n) is 8.91. The van der Waals surface area contributed by atoms with Gasteiger partial charge in [0.05, 0.1) is 12.1 Å². The molecule has 0 spiro atoms. The Morgan fingerprint density at radius 3 is 2.50 bits per heavy atom. The van der Waals surface area contributed by atoms with Crippen molar-refractivity contribution in [2.45, 2.75) is 50.6 Å². The number of pyridine rings is 1. The summed E-state index contributed by atoms with van der Waals surface area (Å²) in [5, 5.41) is 9.59. The summed E-state index contributed by atoms with van der Waals surface area (Å²) in [4.78, 5) is 19.8. The van der Waals surface area contributed by atoms with E-state index < -0.39 is 53.0 Å². The van der Waals surface area contributed by atoms with Crippen molar-refractivity contribution in [3.05, 3.63) is 52.7 Å². The van der Waals surface area contributed by atoms with Crippen molar-refractivity contribution in [3.8, 4) is 18.4 Å². The third-order valence-electron chi connectivity index (χ3n) is 6.62. The number of fused-ring (bicyclic) bond motifs is 2. The molecule has 1 aromatic heterocycles. The minimum atomic E-state index is -5.24. The van der Waals surface area contributed by atoms with Crippen LogP contribution in [0.3, 0.4) is 0 Å². The molecular formula is C25H20F6N4O. The SMILES string of the molecule is C#CCN(C(=O)[C@@H]1[C@H]2CC[C@H](C2)N1c1nc(C(F)(F)F)cc(C(F)(F)F)c1C#N)c1cccc(C)c1. The molecule has 1 aromatic carbocycles. The molecule has 0 radical (unpaired) electrons. The number of halogens is 6. The fourth-order valence-electron chi connectivity index (χ4n) is 5.15. The first-order chi connectivity index (χ1) is 16.9. The van der Waals surface area contributed by atoms with Gasteiger partial charge in [-0.2, -0.15) is 31.6 Å². The van der Waals surface area contributed by atoms with Gasteiger partial charge in [-0.05, 0) is 55.9 Å². The fourth-order valence-corrected chi connectivity index (χ4v) is 5.15. The molecule has 1 saturated carbocycles. The van der Waals surface area contributed by atoms with Crippen molar-refractivity contribution < 1.29 is 31.1 Å². The van der Waals surface area contributed by atoms with Crippen LogP contribution in [0.5, 0.6) is 0 Å². The van der Waals surface area contributed by atoms with E-state index in [-0.39, 0.29) is 18.5 Å². The lowest BCUT2D eigenvalue weighted by Crippen LogP contribution is -2.53. The Bertz CT molecular complexity index is 1270. The maximum absolute atomic E-state index is 13.8. The summed E-state index contributed by atoms with van der Waals surface area (Å²) >= 11 is 0. The van der Waals surface area contributed by atoms with E-state index in [2.05, 4.69) is 10.9 Å². The maximum Gasteiger partial charge on any atom is 0.433 e. The summed E-state index contributed by atoms with van der Waals surface area (Å²) in [5.74, 6) is 0.698. The van der Waals surface area contributed by atoms with Gasteiger partial charge in [0.1, 0.15) is 29.2 Å². The molecule has 36 heavy (non-hydrogen) atoms. The van der Waals surface area contributed by atoms with Crippen LogP contribution >= 0.6 is 0 Å². The van der Waals surface area contributed by atoms with E-state index in [1.54, 1.807) is 31.2 Å². The molecule has 1 aliphatic carbocycles. The molecule has 2 bridgehead atoms. The van der Waals surface area contributed by atoms with Crippen LogP contribution in [-0.4, -0.2) is 29.5 Å². The Kier molecular flexibility index (Phi) is 6.38. The van der Waals surface area contributed by atoms with E-state index in [0.717, 1.165) is 5.56 Å². The van der Waals surface area contributed by atoms with E-state index in [1.807, 2.05) is 0 Å². The van der Waals surface area contributed by atoms with Crippen molar-refractivity contribution >= 4 is 17.4 Å². The van der Waals surface area contributed by atoms with Crippen molar-refractivity contribution in [2.75, 3.05) is 16.3 Å². The van der Waals surface area contributed by atoms with E-state index >= 15 is 0 Å². The molecule has 0 N–H and O–H groups in total. The molecule has 188 valence electrons. The highest BCUT2D eigenvalue weighted by Gasteiger charge is 2.53. The highest BCUT2D eigenvalue weighted by Crippen LogP contribution is 2.48. The molecule has 1 saturated heterocycles. The van der Waals surface area contributed by atoms with Crippen LogP contribution in [0.25, 0.3) is 0 Å². The number of carbonyl (C=O) groups excluding carboxylic acids is 1. The lowest BCUT2D eigenvalue weighted by atomic mass is 9.96. The van der Waals surface area contributed by atoms with Crippen LogP contribution in [0.2, 0.25) is 0 Å². The predicted octanol–water partition coefficient (Wildman–Crippen LogP) is 5.32. The van der Waals surface area contributed by atoms with Gasteiger partial charge in [0, 0.05) is 11.7 Å². The zero-order valence-corrected chi connectivity index (χ0v) is 19.0. The second-order valence-corrected chi connectivity index (χ2v) is 8.91. The van der Waals surface area contributed by atoms with E-state index in [4.69, 9.17) is 6.42 Å². The third kappa shape index (κ3) is 4.46. The Morgan fingerprint density at radius 2 is 1.92 bits per heavy atom. The number of terminal acetylenes is 1. The number of nitrogens with zero attached hydrogens (tertiary/aromatic N) is 4. The number of carbonyl (C=O) groups is 1. The summed E-state index contributed by atoms with van der Waals surface area (Å²) in [5.41, 5.74) is -3.28. The van der Waals surface area contributed by atoms with Gasteiger partial charge in [0.2, 0.25) is 0 Å². The standard InChI is InChI=1S/C25H20F6N4O/c1-3-9-34(16-6-4-5-14(2)10-16)23(36)21-15-7-8-17(11-15)35(21)22-18(13-32)19(24(26,27)28)12-20(33-22)25(29,30)31/h1,4-6,10,12,15,17,21H,7-9,11H2,2H3/t15-,17+,21-/m0/s1. The zero-order valence-electron chi connectivity index (χ0n) is 19.0. The van der Waals surface area contributed by atoms with Gasteiger partial charge in [-0.3, -0.25) is 9.69 Å². The smallest absolute Gasteiger partial charge is 0.340 e. The van der Waals surface area contributed by atoms with Gasteiger partial charge in [0.15, 0.2) is 0 Å². The van der Waals surface area contributed by atoms with E-state index in [0.29, 0.717) is 24.9 Å². The first-order valence-corrected chi connectivity index (χ1v) is 11.1. The predicted molar refractivity (Wildman–Crippen MR) is 119 cm³/mol. The summed E-state index contributed by atoms with van der Waals surface area (Å²) in [6.45, 7) is 1.65. The lowest BCUT2D eigenvalue weighted by Gasteiger charge is -2.38. The Balaban J connectivity index is 1.88. The number of hydrogen-bond donors (Lipinski definition) is 0. The number of rotatable bonds is 4. The van der Waals surface area contributed by atoms with Crippen LogP contribution in [-0.2, 0) is 17.1 Å². The molecular weight excluding hydrogens is 486 g/mol. The number of aromatic nitrogens is 1. The minimum absolute atomic E-state index is 0.154. The van der Waals surface area contributed by atoms with Crippen LogP contribution in [0.4, 0.5) is 37.8 Å². The second kappa shape index (κ2) is 9.05. The Morgan fingerprint density at radius 1 is 1.19 bits per heavy atom. The minimum Gasteiger partial charge on any atom is -0.340 e. The third-order valence-corrected chi connectivity index (χ3v) is 6.62. The van der Waals surface area contributed by atoms with Crippen molar-refractivity contribution in [1.82, 2.24) is 4.98 Å². The van der Waals surface area contributed by atoms with Crippen molar-refractivity contribution in [1.29, 1.82) is 5.26 Å². The number of alkyl halides is 6.